The molecule has 8 heteroatoms. The monoisotopic (exact) mass is 360 g/mol. The molecule has 0 aromatic heterocycles. The first-order valence-electron chi connectivity index (χ1n) is 3.87. The van der Waals surface area contributed by atoms with Gasteiger partial charge >= 0.3 is 91.8 Å². The van der Waals surface area contributed by atoms with Crippen LogP contribution in [0.15, 0.2) is 0 Å². The van der Waals surface area contributed by atoms with Crippen LogP contribution in [0.4, 0.5) is 13.2 Å². The number of carbonyl (C=O) groups excluding carboxylic acids is 1. The van der Waals surface area contributed by atoms with Crippen LogP contribution >= 0.6 is 17.8 Å². The van der Waals surface area contributed by atoms with Gasteiger partial charge in [-0.2, -0.15) is 0 Å². The minimum absolute atomic E-state index is 0.177. The topological polar surface area (TPSA) is 26.3 Å². The summed E-state index contributed by atoms with van der Waals surface area (Å²) in [5.41, 5.74) is 0. The molecule has 14 heavy (non-hydrogen) atoms. The molecule has 0 radical (unpaired) electrons. The summed E-state index contributed by atoms with van der Waals surface area (Å²) in [5.74, 6) is -2.28. The molecule has 0 aromatic rings. The van der Waals surface area contributed by atoms with Gasteiger partial charge in [0.05, 0.1) is 0 Å². The van der Waals surface area contributed by atoms with Crippen LogP contribution in [0.25, 0.3) is 0 Å². The maximum atomic E-state index is 11.7. The van der Waals surface area contributed by atoms with Crippen molar-refractivity contribution in [2.75, 3.05) is 0 Å². The Balaban J connectivity index is 4.15. The fraction of sp³-hybridized carbons (Fsp3) is 0.833. The van der Waals surface area contributed by atoms with Crippen molar-refractivity contribution >= 4 is 40.3 Å². The van der Waals surface area contributed by atoms with E-state index in [4.69, 9.17) is 17.8 Å². The number of unbranched alkanes of at least 4 members (excludes halogenated alkanes) is 1. The zero-order chi connectivity index (χ0) is 11.4. The average molecular weight is 360 g/mol. The van der Waals surface area contributed by atoms with Gasteiger partial charge in [0.25, 0.3) is 0 Å². The molecule has 0 saturated carbocycles. The van der Waals surface area contributed by atoms with Gasteiger partial charge in [-0.05, 0) is 0 Å². The van der Waals surface area contributed by atoms with Crippen molar-refractivity contribution in [1.29, 1.82) is 0 Å². The van der Waals surface area contributed by atoms with Crippen molar-refractivity contribution < 1.29 is 21.0 Å². The molecule has 0 aliphatic rings. The first kappa shape index (κ1) is 14.6. The van der Waals surface area contributed by atoms with E-state index in [9.17, 15) is 18.0 Å². The van der Waals surface area contributed by atoms with Gasteiger partial charge in [0.15, 0.2) is 0 Å². The van der Waals surface area contributed by atoms with E-state index >= 15 is 0 Å². The van der Waals surface area contributed by atoms with E-state index in [0.29, 0.717) is 6.42 Å². The Morgan fingerprint density at radius 3 is 2.29 bits per heavy atom. The Labute approximate surface area is 91.5 Å². The molecular weight excluding hydrogens is 351 g/mol. The summed E-state index contributed by atoms with van der Waals surface area (Å²) >= 11 is -4.25. The van der Waals surface area contributed by atoms with Crippen LogP contribution in [-0.4, -0.2) is 28.7 Å². The third kappa shape index (κ3) is 6.18. The van der Waals surface area contributed by atoms with E-state index < -0.39 is 28.7 Å². The normalized spacial score (nSPS) is 12.7. The Hall–Kier alpha value is 0.639. The van der Waals surface area contributed by atoms with E-state index in [1.165, 1.54) is 0 Å². The Morgan fingerprint density at radius 1 is 1.43 bits per heavy atom. The first-order valence-corrected chi connectivity index (χ1v) is 14.3. The Kier molecular flexibility index (Phi) is 5.91. The van der Waals surface area contributed by atoms with Crippen molar-refractivity contribution in [3.05, 3.63) is 0 Å². The molecule has 84 valence electrons. The van der Waals surface area contributed by atoms with Gasteiger partial charge in [0, 0.05) is 0 Å². The quantitative estimate of drug-likeness (QED) is 0.720. The van der Waals surface area contributed by atoms with Gasteiger partial charge in [-0.15, -0.1) is 0 Å². The van der Waals surface area contributed by atoms with Crippen LogP contribution in [0.5, 0.6) is 0 Å². The molecule has 0 amide bonds. The molecule has 0 rings (SSSR count). The zero-order valence-electron chi connectivity index (χ0n) is 7.33. The van der Waals surface area contributed by atoms with Gasteiger partial charge in [0.1, 0.15) is 0 Å². The number of rotatable bonds is 4. The van der Waals surface area contributed by atoms with E-state index in [-0.39, 0.29) is 4.44 Å². The molecule has 0 heterocycles. The number of alkyl halides is 3. The van der Waals surface area contributed by atoms with Crippen LogP contribution in [0.3, 0.4) is 0 Å². The van der Waals surface area contributed by atoms with Crippen LogP contribution in [0, 0.1) is 0 Å². The van der Waals surface area contributed by atoms with E-state index in [1.54, 1.807) is 0 Å². The molecule has 0 unspecified atom stereocenters. The van der Waals surface area contributed by atoms with Crippen molar-refractivity contribution in [3.8, 4) is 0 Å². The van der Waals surface area contributed by atoms with Gasteiger partial charge in [-0.25, -0.2) is 0 Å². The number of hydrogen-bond acceptors (Lipinski definition) is 2. The maximum absolute atomic E-state index is 11.7. The summed E-state index contributed by atoms with van der Waals surface area (Å²) < 4.78 is 39.5. The van der Waals surface area contributed by atoms with Crippen LogP contribution in [0.1, 0.15) is 19.8 Å². The molecule has 0 aliphatic heterocycles. The molecule has 0 aliphatic carbocycles. The molecule has 0 bridgehead atoms. The van der Waals surface area contributed by atoms with Crippen molar-refractivity contribution in [2.24, 2.45) is 0 Å². The zero-order valence-corrected chi connectivity index (χ0v) is 11.7. The Morgan fingerprint density at radius 2 is 1.93 bits per heavy atom. The van der Waals surface area contributed by atoms with Crippen molar-refractivity contribution in [3.63, 3.8) is 0 Å². The molecule has 0 saturated heterocycles. The molecule has 0 atom stereocenters. The fourth-order valence-corrected chi connectivity index (χ4v) is 6.94. The second kappa shape index (κ2) is 5.65. The van der Waals surface area contributed by atoms with Crippen molar-refractivity contribution in [1.82, 2.24) is 0 Å². The molecule has 0 aromatic carbocycles. The standard InChI is InChI=1S/C4H9.C2HF3O2.2ClH.Sn/c1-3-4-2;3-2(4,5)1(6)7;;;/h1,3-4H2,2H3;(H,6,7);2*1H;/q;;;;+3/p-3. The summed E-state index contributed by atoms with van der Waals surface area (Å²) in [6, 6.07) is 0. The van der Waals surface area contributed by atoms with Crippen molar-refractivity contribution in [2.45, 2.75) is 30.4 Å². The number of halogens is 5. The van der Waals surface area contributed by atoms with Gasteiger partial charge in [-0.1, -0.05) is 0 Å². The number of carbonyl (C=O) groups is 1. The van der Waals surface area contributed by atoms with E-state index in [1.807, 2.05) is 6.92 Å². The number of hydrogen-bond donors (Lipinski definition) is 0. The summed E-state index contributed by atoms with van der Waals surface area (Å²) in [6.45, 7) is 1.83. The first-order chi connectivity index (χ1) is 6.19. The van der Waals surface area contributed by atoms with E-state index in [2.05, 4.69) is 3.07 Å². The van der Waals surface area contributed by atoms with Gasteiger partial charge < -0.3 is 0 Å². The summed E-state index contributed by atoms with van der Waals surface area (Å²) in [5, 5.41) is 0. The van der Waals surface area contributed by atoms with Crippen LogP contribution in [-0.2, 0) is 7.87 Å². The fourth-order valence-electron chi connectivity index (χ4n) is 0.627. The molecule has 0 spiro atoms. The van der Waals surface area contributed by atoms with Gasteiger partial charge in [-0.3, -0.25) is 0 Å². The van der Waals surface area contributed by atoms with Gasteiger partial charge in [0.2, 0.25) is 0 Å². The Bertz CT molecular complexity index is 208. The summed E-state index contributed by atoms with van der Waals surface area (Å²) in [6.07, 6.45) is -3.71. The van der Waals surface area contributed by atoms with Crippen LogP contribution < -0.4 is 0 Å². The third-order valence-electron chi connectivity index (χ3n) is 1.29. The average Bonchev–Trinajstić information content (AvgIpc) is 1.98. The third-order valence-corrected chi connectivity index (χ3v) is 8.92. The molecule has 2 nitrogen and oxygen atoms in total. The second-order valence-electron chi connectivity index (χ2n) is 2.63. The second-order valence-corrected chi connectivity index (χ2v) is 17.8. The molecular formula is C6H9Cl2F3O2Sn. The SMILES string of the molecule is CCC[CH2][Sn]([Cl])([Cl])[O]C(=O)C(F)(F)F. The summed E-state index contributed by atoms with van der Waals surface area (Å²) in [7, 11) is 11.1. The predicted molar refractivity (Wildman–Crippen MR) is 49.3 cm³/mol. The predicted octanol–water partition coefficient (Wildman–Crippen LogP) is 3.31. The minimum atomic E-state index is -5.02. The molecule has 0 N–H and O–H groups in total. The van der Waals surface area contributed by atoms with E-state index in [0.717, 1.165) is 6.42 Å². The van der Waals surface area contributed by atoms with Crippen LogP contribution in [0.2, 0.25) is 4.44 Å². The molecule has 0 fully saturated rings. The summed E-state index contributed by atoms with van der Waals surface area (Å²) in [4.78, 5) is 10.4.